The molecular weight excluding hydrogens is 192 g/mol. The van der Waals surface area contributed by atoms with Gasteiger partial charge in [-0.05, 0) is 0 Å². The van der Waals surface area contributed by atoms with Crippen molar-refractivity contribution in [2.45, 2.75) is 0 Å². The van der Waals surface area contributed by atoms with Gasteiger partial charge in [0.05, 0.1) is 0 Å². The Bertz CT molecular complexity index is 60.2. The molecule has 0 aromatic rings. The fourth-order valence-corrected chi connectivity index (χ4v) is 0. The number of hydrogen-bond donors (Lipinski definition) is 0. The summed E-state index contributed by atoms with van der Waals surface area (Å²) in [5.74, 6) is 0. The second-order valence-electron chi connectivity index (χ2n) is 0.447. The van der Waals surface area contributed by atoms with Crippen molar-refractivity contribution in [1.82, 2.24) is 0 Å². The minimum atomic E-state index is -5.39. The molecule has 0 spiro atoms. The Morgan fingerprint density at radius 1 is 1.00 bits per heavy atom. The van der Waals surface area contributed by atoms with E-state index in [0.29, 0.717) is 0 Å². The third-order valence-corrected chi connectivity index (χ3v) is 0. The molecule has 0 unspecified atom stereocenters. The van der Waals surface area contributed by atoms with Crippen LogP contribution in [0.1, 0.15) is 0 Å². The number of phosphoric acid groups is 1. The normalized spacial score (nSPS) is 7.38. The van der Waals surface area contributed by atoms with E-state index in [9.17, 15) is 0 Å². The van der Waals surface area contributed by atoms with Crippen molar-refractivity contribution in [3.05, 3.63) is 0 Å². The van der Waals surface area contributed by atoms with Crippen LogP contribution in [-0.2, 0) is 23.1 Å². The van der Waals surface area contributed by atoms with E-state index in [2.05, 4.69) is 0 Å². The molecule has 0 aliphatic carbocycles. The third-order valence-electron chi connectivity index (χ3n) is 0. The molecule has 0 saturated carbocycles. The average molecular weight is 192 g/mol. The molecule has 1 radical (unpaired) electrons. The first kappa shape index (κ1) is 22.4. The van der Waals surface area contributed by atoms with E-state index in [4.69, 9.17) is 19.2 Å². The van der Waals surface area contributed by atoms with Gasteiger partial charge in [-0.1, -0.05) is 0 Å². The SMILES string of the molecule is O=P([O-])([O-])[O-].[Na+].[Na+].[V]. The Hall–Kier alpha value is 2.69. The molecule has 0 bridgehead atoms. The van der Waals surface area contributed by atoms with Crippen molar-refractivity contribution in [1.29, 1.82) is 0 Å². The summed E-state index contributed by atoms with van der Waals surface area (Å²) in [4.78, 5) is 25.6. The van der Waals surface area contributed by atoms with Crippen LogP contribution in [0, 0.1) is 0 Å². The van der Waals surface area contributed by atoms with Gasteiger partial charge in [0.2, 0.25) is 0 Å². The first-order valence-corrected chi connectivity index (χ1v) is 2.19. The van der Waals surface area contributed by atoms with E-state index in [1.165, 1.54) is 0 Å². The Morgan fingerprint density at radius 3 is 1.00 bits per heavy atom. The van der Waals surface area contributed by atoms with Crippen LogP contribution in [-0.4, -0.2) is 0 Å². The van der Waals surface area contributed by atoms with Gasteiger partial charge in [-0.15, -0.1) is 0 Å². The number of rotatable bonds is 0. The molecule has 0 aliphatic rings. The minimum absolute atomic E-state index is 0. The second kappa shape index (κ2) is 9.69. The molecule has 0 aromatic heterocycles. The Morgan fingerprint density at radius 2 is 1.00 bits per heavy atom. The first-order chi connectivity index (χ1) is 2.00. The van der Waals surface area contributed by atoms with Gasteiger partial charge in [-0.3, -0.25) is 0 Å². The van der Waals surface area contributed by atoms with Crippen LogP contribution in [0.4, 0.5) is 0 Å². The van der Waals surface area contributed by atoms with Crippen LogP contribution in [0.5, 0.6) is 0 Å². The Labute approximate surface area is 103 Å². The summed E-state index contributed by atoms with van der Waals surface area (Å²) in [6.45, 7) is 0. The Balaban J connectivity index is -0.0000000267. The van der Waals surface area contributed by atoms with Crippen molar-refractivity contribution in [2.24, 2.45) is 0 Å². The summed E-state index contributed by atoms with van der Waals surface area (Å²) in [6, 6.07) is 0. The van der Waals surface area contributed by atoms with Gasteiger partial charge < -0.3 is 19.2 Å². The van der Waals surface area contributed by atoms with Crippen LogP contribution in [0.2, 0.25) is 0 Å². The third kappa shape index (κ3) is 70.9. The molecule has 0 heterocycles. The van der Waals surface area contributed by atoms with Gasteiger partial charge in [-0.2, -0.15) is 7.82 Å². The zero-order valence-electron chi connectivity index (χ0n) is 4.53. The Kier molecular flexibility index (Phi) is 27.2. The average Bonchev–Trinajstić information content (AvgIpc) is 0.722. The van der Waals surface area contributed by atoms with Crippen LogP contribution >= 0.6 is 7.82 Å². The van der Waals surface area contributed by atoms with Crippen molar-refractivity contribution in [2.75, 3.05) is 0 Å². The van der Waals surface area contributed by atoms with Crippen LogP contribution < -0.4 is 73.8 Å². The first-order valence-electron chi connectivity index (χ1n) is 0.730. The summed E-state index contributed by atoms with van der Waals surface area (Å²) < 4.78 is 8.55. The second-order valence-corrected chi connectivity index (χ2v) is 1.34. The fourth-order valence-electron chi connectivity index (χ4n) is 0. The topological polar surface area (TPSA) is 86.2 Å². The van der Waals surface area contributed by atoms with Gasteiger partial charge >= 0.3 is 59.1 Å². The summed E-state index contributed by atoms with van der Waals surface area (Å²) in [6.07, 6.45) is 0. The molecule has 8 heavy (non-hydrogen) atoms. The molecule has 0 saturated heterocycles. The van der Waals surface area contributed by atoms with Gasteiger partial charge in [0.15, 0.2) is 0 Å². The maximum atomic E-state index is 8.55. The largest absolute Gasteiger partial charge is 1.00 e. The van der Waals surface area contributed by atoms with E-state index in [1.54, 1.807) is 0 Å². The maximum absolute atomic E-state index is 8.55. The van der Waals surface area contributed by atoms with Crippen molar-refractivity contribution < 1.29 is 96.9 Å². The molecule has 0 rings (SSSR count). The van der Waals surface area contributed by atoms with Crippen molar-refractivity contribution >= 4 is 7.82 Å². The zero-order valence-corrected chi connectivity index (χ0v) is 10.8. The van der Waals surface area contributed by atoms with Crippen LogP contribution in [0.15, 0.2) is 0 Å². The van der Waals surface area contributed by atoms with E-state index < -0.39 is 7.82 Å². The molecule has 0 aromatic carbocycles. The van der Waals surface area contributed by atoms with Gasteiger partial charge in [0.25, 0.3) is 0 Å². The summed E-state index contributed by atoms with van der Waals surface area (Å²) in [7, 11) is -5.39. The van der Waals surface area contributed by atoms with Gasteiger partial charge in [0, 0.05) is 18.6 Å². The molecule has 0 N–H and O–H groups in total. The molecule has 4 nitrogen and oxygen atoms in total. The predicted molar refractivity (Wildman–Crippen MR) is 7.61 cm³/mol. The van der Waals surface area contributed by atoms with Crippen LogP contribution in [0.25, 0.3) is 0 Å². The monoisotopic (exact) mass is 192 g/mol. The quantitative estimate of drug-likeness (QED) is 0.281. The number of hydrogen-bond acceptors (Lipinski definition) is 4. The van der Waals surface area contributed by atoms with Crippen LogP contribution in [0.3, 0.4) is 0 Å². The summed E-state index contributed by atoms with van der Waals surface area (Å²) in [5, 5.41) is 0. The maximum Gasteiger partial charge on any atom is 1.00 e. The van der Waals surface area contributed by atoms with E-state index in [0.717, 1.165) is 0 Å². The van der Waals surface area contributed by atoms with Gasteiger partial charge in [-0.25, -0.2) is 0 Å². The summed E-state index contributed by atoms with van der Waals surface area (Å²) in [5.41, 5.74) is 0. The molecule has 0 aliphatic heterocycles. The van der Waals surface area contributed by atoms with E-state index in [1.807, 2.05) is 0 Å². The van der Waals surface area contributed by atoms with Crippen molar-refractivity contribution in [3.8, 4) is 0 Å². The van der Waals surface area contributed by atoms with E-state index >= 15 is 0 Å². The zero-order chi connectivity index (χ0) is 4.50. The molecule has 0 amide bonds. The molecule has 0 fully saturated rings. The molecule has 8 heteroatoms. The summed E-state index contributed by atoms with van der Waals surface area (Å²) >= 11 is 0. The van der Waals surface area contributed by atoms with Gasteiger partial charge in [0.1, 0.15) is 0 Å². The van der Waals surface area contributed by atoms with Crippen molar-refractivity contribution in [3.63, 3.8) is 0 Å². The standard InChI is InChI=1S/2Na.H3O4P.V/c;;1-5(2,3)4;/h;;(H3,1,2,3,4);/q2*+1;;/p-3. The molecule has 37 valence electrons. The minimum Gasteiger partial charge on any atom is -0.822 e. The predicted octanol–water partition coefficient (Wildman–Crippen LogP) is -8.82. The fraction of sp³-hybridized carbons (Fsp3) is 0. The smallest absolute Gasteiger partial charge is 0.822 e. The van der Waals surface area contributed by atoms with E-state index in [-0.39, 0.29) is 77.7 Å². The molecular formula is Na2O4PV-. The molecule has 0 atom stereocenters.